The highest BCUT2D eigenvalue weighted by Gasteiger charge is 2.17. The number of hydrogen-bond donors (Lipinski definition) is 2. The first-order valence-electron chi connectivity index (χ1n) is 7.76. The van der Waals surface area contributed by atoms with Gasteiger partial charge < -0.3 is 20.1 Å². The molecular weight excluding hydrogens is 284 g/mol. The maximum absolute atomic E-state index is 5.82. The van der Waals surface area contributed by atoms with Crippen molar-refractivity contribution in [2.24, 2.45) is 12.0 Å². The second kappa shape index (κ2) is 8.70. The lowest BCUT2D eigenvalue weighted by Gasteiger charge is -2.19. The van der Waals surface area contributed by atoms with Crippen molar-refractivity contribution in [2.45, 2.75) is 39.0 Å². The molecule has 0 aromatic carbocycles. The Bertz CT molecular complexity index is 470. The molecule has 0 bridgehead atoms. The molecule has 1 aromatic rings. The van der Waals surface area contributed by atoms with Gasteiger partial charge in [-0.15, -0.1) is 0 Å². The summed E-state index contributed by atoms with van der Waals surface area (Å²) in [6.07, 6.45) is 2.74. The van der Waals surface area contributed by atoms with Gasteiger partial charge in [-0.25, -0.2) is 9.98 Å². The van der Waals surface area contributed by atoms with Crippen LogP contribution in [0, 0.1) is 0 Å². The molecule has 124 valence electrons. The normalized spacial score (nSPS) is 20.1. The van der Waals surface area contributed by atoms with E-state index >= 15 is 0 Å². The van der Waals surface area contributed by atoms with E-state index in [2.05, 4.69) is 32.6 Å². The first-order valence-corrected chi connectivity index (χ1v) is 7.76. The molecule has 1 fully saturated rings. The molecule has 22 heavy (non-hydrogen) atoms. The zero-order chi connectivity index (χ0) is 15.8. The van der Waals surface area contributed by atoms with Crippen molar-refractivity contribution in [1.29, 1.82) is 0 Å². The van der Waals surface area contributed by atoms with Gasteiger partial charge in [0.2, 0.25) is 0 Å². The molecule has 8 nitrogen and oxygen atoms in total. The van der Waals surface area contributed by atoms with Gasteiger partial charge in [0.05, 0.1) is 19.3 Å². The topological polar surface area (TPSA) is 85.6 Å². The van der Waals surface area contributed by atoms with Gasteiger partial charge in [-0.05, 0) is 20.3 Å². The van der Waals surface area contributed by atoms with Gasteiger partial charge in [-0.1, -0.05) is 0 Å². The van der Waals surface area contributed by atoms with Crippen LogP contribution in [0.1, 0.15) is 26.1 Å². The van der Waals surface area contributed by atoms with E-state index in [-0.39, 0.29) is 12.1 Å². The van der Waals surface area contributed by atoms with E-state index < -0.39 is 0 Å². The van der Waals surface area contributed by atoms with Crippen LogP contribution in [0.15, 0.2) is 11.3 Å². The summed E-state index contributed by atoms with van der Waals surface area (Å²) in [7, 11) is 1.86. The van der Waals surface area contributed by atoms with Crippen LogP contribution < -0.4 is 10.6 Å². The summed E-state index contributed by atoms with van der Waals surface area (Å²) in [5.74, 6) is 1.58. The van der Waals surface area contributed by atoms with Crippen molar-refractivity contribution < 1.29 is 9.47 Å². The Morgan fingerprint density at radius 3 is 3.14 bits per heavy atom. The number of hydrogen-bond acceptors (Lipinski definition) is 5. The van der Waals surface area contributed by atoms with E-state index in [0.717, 1.165) is 31.4 Å². The fourth-order valence-corrected chi connectivity index (χ4v) is 2.13. The first kappa shape index (κ1) is 16.7. The van der Waals surface area contributed by atoms with Gasteiger partial charge in [0.1, 0.15) is 18.7 Å². The highest BCUT2D eigenvalue weighted by molar-refractivity contribution is 5.79. The quantitative estimate of drug-likeness (QED) is 0.547. The fraction of sp³-hybridized carbons (Fsp3) is 0.786. The molecule has 2 rings (SSSR count). The van der Waals surface area contributed by atoms with Gasteiger partial charge in [0.25, 0.3) is 0 Å². The molecular formula is C14H26N6O2. The van der Waals surface area contributed by atoms with Crippen LogP contribution >= 0.6 is 0 Å². The molecule has 0 aliphatic carbocycles. The summed E-state index contributed by atoms with van der Waals surface area (Å²) in [6, 6.07) is 0.165. The Morgan fingerprint density at radius 1 is 1.64 bits per heavy atom. The van der Waals surface area contributed by atoms with Gasteiger partial charge in [-0.3, -0.25) is 4.68 Å². The predicted molar refractivity (Wildman–Crippen MR) is 83.6 cm³/mol. The molecule has 1 aliphatic rings. The van der Waals surface area contributed by atoms with Crippen LogP contribution in [0.2, 0.25) is 0 Å². The van der Waals surface area contributed by atoms with E-state index in [0.29, 0.717) is 19.8 Å². The molecule has 1 aromatic heterocycles. The lowest BCUT2D eigenvalue weighted by Crippen LogP contribution is -2.44. The van der Waals surface area contributed by atoms with Crippen LogP contribution in [0.25, 0.3) is 0 Å². The highest BCUT2D eigenvalue weighted by atomic mass is 16.5. The zero-order valence-electron chi connectivity index (χ0n) is 13.6. The largest absolute Gasteiger partial charge is 0.379 e. The fourth-order valence-electron chi connectivity index (χ4n) is 2.13. The molecule has 2 heterocycles. The van der Waals surface area contributed by atoms with E-state index in [4.69, 9.17) is 9.47 Å². The van der Waals surface area contributed by atoms with E-state index in [1.807, 2.05) is 14.0 Å². The van der Waals surface area contributed by atoms with E-state index in [1.165, 1.54) is 6.33 Å². The number of aromatic nitrogens is 3. The molecule has 2 unspecified atom stereocenters. The summed E-state index contributed by atoms with van der Waals surface area (Å²) < 4.78 is 12.8. The predicted octanol–water partition coefficient (Wildman–Crippen LogP) is 0.0642. The SMILES string of the molecule is CCNC(=NCc1ncnn1C)NC(C)COC1CCOC1. The number of rotatable bonds is 7. The van der Waals surface area contributed by atoms with Crippen LogP contribution in [0.4, 0.5) is 0 Å². The molecule has 2 atom stereocenters. The van der Waals surface area contributed by atoms with Crippen molar-refractivity contribution in [3.8, 4) is 0 Å². The highest BCUT2D eigenvalue weighted by Crippen LogP contribution is 2.08. The average molecular weight is 310 g/mol. The Hall–Kier alpha value is -1.67. The smallest absolute Gasteiger partial charge is 0.191 e. The van der Waals surface area contributed by atoms with Crippen molar-refractivity contribution >= 4 is 5.96 Å². The van der Waals surface area contributed by atoms with Crippen LogP contribution in [-0.4, -0.2) is 59.2 Å². The molecule has 8 heteroatoms. The minimum atomic E-state index is 0.165. The third kappa shape index (κ3) is 5.27. The second-order valence-electron chi connectivity index (χ2n) is 5.36. The van der Waals surface area contributed by atoms with Crippen molar-refractivity contribution in [3.63, 3.8) is 0 Å². The molecule has 0 radical (unpaired) electrons. The Kier molecular flexibility index (Phi) is 6.60. The Labute approximate surface area is 131 Å². The zero-order valence-corrected chi connectivity index (χ0v) is 13.6. The molecule has 0 amide bonds. The minimum absolute atomic E-state index is 0.165. The maximum atomic E-state index is 5.82. The lowest BCUT2D eigenvalue weighted by atomic mass is 10.3. The van der Waals surface area contributed by atoms with E-state index in [9.17, 15) is 0 Å². The standard InChI is InChI=1S/C14H26N6O2/c1-4-15-14(16-7-13-17-10-18-20(13)3)19-11(2)8-22-12-5-6-21-9-12/h10-12H,4-9H2,1-3H3,(H2,15,16,19). The summed E-state index contributed by atoms with van der Waals surface area (Å²) >= 11 is 0. The molecule has 0 saturated carbocycles. The van der Waals surface area contributed by atoms with Crippen molar-refractivity contribution in [1.82, 2.24) is 25.4 Å². The average Bonchev–Trinajstić information content (AvgIpc) is 3.14. The van der Waals surface area contributed by atoms with E-state index in [1.54, 1.807) is 4.68 Å². The second-order valence-corrected chi connectivity index (χ2v) is 5.36. The molecule has 2 N–H and O–H groups in total. The van der Waals surface area contributed by atoms with Crippen LogP contribution in [0.3, 0.4) is 0 Å². The number of guanidine groups is 1. The Morgan fingerprint density at radius 2 is 2.50 bits per heavy atom. The number of nitrogens with one attached hydrogen (secondary N) is 2. The van der Waals surface area contributed by atoms with Gasteiger partial charge in [-0.2, -0.15) is 5.10 Å². The summed E-state index contributed by atoms with van der Waals surface area (Å²) in [4.78, 5) is 8.69. The minimum Gasteiger partial charge on any atom is -0.379 e. The summed E-state index contributed by atoms with van der Waals surface area (Å²) in [5.41, 5.74) is 0. The summed E-state index contributed by atoms with van der Waals surface area (Å²) in [5, 5.41) is 10.6. The molecule has 1 aliphatic heterocycles. The number of aliphatic imine (C=N–C) groups is 1. The van der Waals surface area contributed by atoms with Crippen LogP contribution in [-0.2, 0) is 23.1 Å². The summed E-state index contributed by atoms with van der Waals surface area (Å²) in [6.45, 7) is 7.52. The van der Waals surface area contributed by atoms with Gasteiger partial charge >= 0.3 is 0 Å². The lowest BCUT2D eigenvalue weighted by molar-refractivity contribution is 0.0347. The van der Waals surface area contributed by atoms with Crippen LogP contribution in [0.5, 0.6) is 0 Å². The number of aryl methyl sites for hydroxylation is 1. The molecule has 0 spiro atoms. The van der Waals surface area contributed by atoms with Crippen molar-refractivity contribution in [3.05, 3.63) is 12.2 Å². The molecule has 1 saturated heterocycles. The number of nitrogens with zero attached hydrogens (tertiary/aromatic N) is 4. The maximum Gasteiger partial charge on any atom is 0.191 e. The third-order valence-electron chi connectivity index (χ3n) is 3.38. The van der Waals surface area contributed by atoms with Gasteiger partial charge in [0, 0.05) is 26.2 Å². The van der Waals surface area contributed by atoms with Gasteiger partial charge in [0.15, 0.2) is 5.96 Å². The van der Waals surface area contributed by atoms with Crippen molar-refractivity contribution in [2.75, 3.05) is 26.4 Å². The third-order valence-corrected chi connectivity index (χ3v) is 3.38. The first-order chi connectivity index (χ1) is 10.7. The monoisotopic (exact) mass is 310 g/mol. The Balaban J connectivity index is 1.80. The number of ether oxygens (including phenoxy) is 2.